The largest absolute Gasteiger partial charge is 0.461 e. The standard InChI is InChI=1S/C28H36N2O5S/c1-5-14-29(18(3)4)26(33)24-28-13-12-21(36-28)22(27(34)35-15-6-2)23(28)25(32)30(24)20(17-31)16-19-10-8-7-9-11-19/h5-11,18,20-24,31H,1-2,12-17H2,3-4H3/t20-,21-,22+,23+,24?,28?/m1/s1. The van der Waals surface area contributed by atoms with Crippen molar-refractivity contribution in [1.82, 2.24) is 9.80 Å². The van der Waals surface area contributed by atoms with E-state index < -0.39 is 34.6 Å². The predicted molar refractivity (Wildman–Crippen MR) is 140 cm³/mol. The third-order valence-corrected chi connectivity index (χ3v) is 9.69. The highest BCUT2D eigenvalue weighted by molar-refractivity contribution is 8.02. The second-order valence-electron chi connectivity index (χ2n) is 10.1. The number of thioether (sulfide) groups is 1. The fraction of sp³-hybridized carbons (Fsp3) is 0.536. The van der Waals surface area contributed by atoms with Crippen LogP contribution in [0.15, 0.2) is 55.6 Å². The topological polar surface area (TPSA) is 87.1 Å². The fourth-order valence-corrected chi connectivity index (χ4v) is 8.44. The molecule has 0 saturated carbocycles. The maximum absolute atomic E-state index is 14.2. The maximum Gasteiger partial charge on any atom is 0.311 e. The number of aliphatic hydroxyl groups is 1. The van der Waals surface area contributed by atoms with Crippen LogP contribution < -0.4 is 0 Å². The van der Waals surface area contributed by atoms with Crippen LogP contribution in [0.4, 0.5) is 0 Å². The highest BCUT2D eigenvalue weighted by atomic mass is 32.2. The third kappa shape index (κ3) is 4.39. The number of carbonyl (C=O) groups is 3. The Morgan fingerprint density at radius 2 is 2.00 bits per heavy atom. The van der Waals surface area contributed by atoms with Crippen molar-refractivity contribution >= 4 is 29.5 Å². The quantitative estimate of drug-likeness (QED) is 0.363. The molecule has 2 amide bonds. The Labute approximate surface area is 217 Å². The molecule has 3 fully saturated rings. The van der Waals surface area contributed by atoms with Gasteiger partial charge in [0.05, 0.1) is 29.2 Å². The number of rotatable bonds is 11. The van der Waals surface area contributed by atoms with E-state index >= 15 is 0 Å². The van der Waals surface area contributed by atoms with Gasteiger partial charge in [-0.3, -0.25) is 14.4 Å². The summed E-state index contributed by atoms with van der Waals surface area (Å²) in [5.74, 6) is -2.06. The van der Waals surface area contributed by atoms with Gasteiger partial charge in [0.25, 0.3) is 0 Å². The number of aliphatic hydroxyl groups excluding tert-OH is 1. The number of amides is 2. The lowest BCUT2D eigenvalue weighted by atomic mass is 9.71. The highest BCUT2D eigenvalue weighted by Crippen LogP contribution is 2.67. The van der Waals surface area contributed by atoms with Crippen molar-refractivity contribution in [3.05, 3.63) is 61.2 Å². The summed E-state index contributed by atoms with van der Waals surface area (Å²) in [6, 6.07) is 8.19. The zero-order valence-electron chi connectivity index (χ0n) is 21.0. The van der Waals surface area contributed by atoms with E-state index in [0.29, 0.717) is 19.4 Å². The molecule has 6 atom stereocenters. The van der Waals surface area contributed by atoms with E-state index in [4.69, 9.17) is 4.74 Å². The van der Waals surface area contributed by atoms with Crippen LogP contribution in [0.2, 0.25) is 0 Å². The van der Waals surface area contributed by atoms with Gasteiger partial charge < -0.3 is 19.6 Å². The molecular weight excluding hydrogens is 476 g/mol. The van der Waals surface area contributed by atoms with Crippen LogP contribution >= 0.6 is 11.8 Å². The van der Waals surface area contributed by atoms with Crippen LogP contribution in [0.25, 0.3) is 0 Å². The summed E-state index contributed by atoms with van der Waals surface area (Å²) in [7, 11) is 0. The minimum Gasteiger partial charge on any atom is -0.461 e. The number of esters is 1. The summed E-state index contributed by atoms with van der Waals surface area (Å²) in [5.41, 5.74) is 0.968. The lowest BCUT2D eigenvalue weighted by Gasteiger charge is -2.40. The van der Waals surface area contributed by atoms with Crippen LogP contribution in [0.1, 0.15) is 32.3 Å². The Hall–Kier alpha value is -2.58. The molecular formula is C28H36N2O5S. The molecule has 194 valence electrons. The van der Waals surface area contributed by atoms with Crippen molar-refractivity contribution in [3.8, 4) is 0 Å². The molecule has 2 unspecified atom stereocenters. The third-order valence-electron chi connectivity index (χ3n) is 7.74. The molecule has 1 N–H and O–H groups in total. The Morgan fingerprint density at radius 3 is 2.61 bits per heavy atom. The van der Waals surface area contributed by atoms with Gasteiger partial charge in [0.1, 0.15) is 12.6 Å². The van der Waals surface area contributed by atoms with Gasteiger partial charge >= 0.3 is 5.97 Å². The normalized spacial score (nSPS) is 29.2. The van der Waals surface area contributed by atoms with Crippen LogP contribution in [-0.4, -0.2) is 80.6 Å². The highest BCUT2D eigenvalue weighted by Gasteiger charge is 2.74. The molecule has 0 aliphatic carbocycles. The first-order valence-electron chi connectivity index (χ1n) is 12.6. The van der Waals surface area contributed by atoms with E-state index in [2.05, 4.69) is 13.2 Å². The first-order valence-corrected chi connectivity index (χ1v) is 13.5. The minimum atomic E-state index is -0.773. The van der Waals surface area contributed by atoms with E-state index in [-0.39, 0.29) is 36.3 Å². The molecule has 3 aliphatic rings. The fourth-order valence-electron chi connectivity index (χ4n) is 6.26. The summed E-state index contributed by atoms with van der Waals surface area (Å²) in [4.78, 5) is 44.9. The summed E-state index contributed by atoms with van der Waals surface area (Å²) >= 11 is 1.60. The van der Waals surface area contributed by atoms with E-state index in [1.54, 1.807) is 27.6 Å². The predicted octanol–water partition coefficient (Wildman–Crippen LogP) is 2.83. The Morgan fingerprint density at radius 1 is 1.28 bits per heavy atom. The van der Waals surface area contributed by atoms with Crippen molar-refractivity contribution < 1.29 is 24.2 Å². The molecule has 2 bridgehead atoms. The average Bonchev–Trinajstić information content (AvgIpc) is 3.52. The number of fused-ring (bicyclic) bond motifs is 1. The molecule has 1 aromatic carbocycles. The number of nitrogens with zero attached hydrogens (tertiary/aromatic N) is 2. The van der Waals surface area contributed by atoms with Crippen molar-refractivity contribution in [3.63, 3.8) is 0 Å². The van der Waals surface area contributed by atoms with E-state index in [9.17, 15) is 19.5 Å². The first-order chi connectivity index (χ1) is 17.3. The summed E-state index contributed by atoms with van der Waals surface area (Å²) in [6.45, 7) is 11.5. The minimum absolute atomic E-state index is 0.0673. The number of ether oxygens (including phenoxy) is 1. The van der Waals surface area contributed by atoms with Gasteiger partial charge in [0, 0.05) is 17.8 Å². The molecule has 3 heterocycles. The van der Waals surface area contributed by atoms with Gasteiger partial charge in [-0.1, -0.05) is 49.1 Å². The molecule has 4 rings (SSSR count). The van der Waals surface area contributed by atoms with Crippen LogP contribution in [0.5, 0.6) is 0 Å². The lowest BCUT2D eigenvalue weighted by Crippen LogP contribution is -2.58. The maximum atomic E-state index is 14.2. The number of benzene rings is 1. The second-order valence-corrected chi connectivity index (χ2v) is 11.7. The van der Waals surface area contributed by atoms with Crippen LogP contribution in [0.3, 0.4) is 0 Å². The molecule has 3 aliphatic heterocycles. The van der Waals surface area contributed by atoms with Gasteiger partial charge in [-0.2, -0.15) is 0 Å². The Balaban J connectivity index is 1.78. The molecule has 36 heavy (non-hydrogen) atoms. The molecule has 7 nitrogen and oxygen atoms in total. The van der Waals surface area contributed by atoms with E-state index in [1.807, 2.05) is 44.2 Å². The molecule has 0 aromatic heterocycles. The van der Waals surface area contributed by atoms with Crippen molar-refractivity contribution in [2.45, 2.75) is 61.2 Å². The molecule has 1 spiro atoms. The number of hydrogen-bond acceptors (Lipinski definition) is 6. The summed E-state index contributed by atoms with van der Waals surface area (Å²) in [5, 5.41) is 10.4. The lowest BCUT2D eigenvalue weighted by molar-refractivity contribution is -0.153. The van der Waals surface area contributed by atoms with Gasteiger partial charge in [0.15, 0.2) is 0 Å². The van der Waals surface area contributed by atoms with Crippen molar-refractivity contribution in [1.29, 1.82) is 0 Å². The van der Waals surface area contributed by atoms with Gasteiger partial charge in [-0.15, -0.1) is 18.3 Å². The smallest absolute Gasteiger partial charge is 0.311 e. The number of hydrogen-bond donors (Lipinski definition) is 1. The summed E-state index contributed by atoms with van der Waals surface area (Å²) in [6.07, 6.45) is 5.03. The monoisotopic (exact) mass is 512 g/mol. The second kappa shape index (κ2) is 10.8. The zero-order chi connectivity index (χ0) is 26.0. The SMILES string of the molecule is C=CCOC(=O)[C@@H]1[C@H]2C(=O)N([C@@H](CO)Cc3ccccc3)C(C(=O)N(CC=C)C(C)C)C23CC[C@H]1S3. The van der Waals surface area contributed by atoms with Crippen molar-refractivity contribution in [2.24, 2.45) is 11.8 Å². The summed E-state index contributed by atoms with van der Waals surface area (Å²) < 4.78 is 4.69. The average molecular weight is 513 g/mol. The van der Waals surface area contributed by atoms with Crippen LogP contribution in [-0.2, 0) is 25.5 Å². The van der Waals surface area contributed by atoms with E-state index in [1.165, 1.54) is 6.08 Å². The Kier molecular flexibility index (Phi) is 7.95. The number of likely N-dealkylation sites (tertiary alicyclic amines) is 1. The zero-order valence-corrected chi connectivity index (χ0v) is 21.9. The van der Waals surface area contributed by atoms with Crippen molar-refractivity contribution in [2.75, 3.05) is 19.8 Å². The van der Waals surface area contributed by atoms with E-state index in [0.717, 1.165) is 12.0 Å². The molecule has 1 aromatic rings. The first kappa shape index (κ1) is 26.5. The van der Waals surface area contributed by atoms with Crippen LogP contribution in [0, 0.1) is 11.8 Å². The molecule has 8 heteroatoms. The Bertz CT molecular complexity index is 1010. The van der Waals surface area contributed by atoms with Gasteiger partial charge in [-0.05, 0) is 38.7 Å². The molecule has 0 radical (unpaired) electrons. The van der Waals surface area contributed by atoms with Gasteiger partial charge in [0.2, 0.25) is 11.8 Å². The molecule has 3 saturated heterocycles. The van der Waals surface area contributed by atoms with Gasteiger partial charge in [-0.25, -0.2) is 0 Å². The number of carbonyl (C=O) groups excluding carboxylic acids is 3.